The van der Waals surface area contributed by atoms with Gasteiger partial charge >= 0.3 is 0 Å². The summed E-state index contributed by atoms with van der Waals surface area (Å²) < 4.78 is 34.5. The van der Waals surface area contributed by atoms with Gasteiger partial charge in [-0.3, -0.25) is 4.79 Å². The fourth-order valence-corrected chi connectivity index (χ4v) is 13.1. The maximum atomic E-state index is 13.5. The second-order valence-corrected chi connectivity index (χ2v) is 27.8. The average molecular weight is 1380 g/mol. The largest absolute Gasteiger partial charge is 0.394 e. The predicted molar refractivity (Wildman–Crippen MR) is 383 cm³/mol. The Balaban J connectivity index is 1.39. The molecule has 3 aliphatic rings. The molecule has 3 heterocycles. The quantitative estimate of drug-likeness (QED) is 0.0199. The third kappa shape index (κ3) is 39.6. The molecule has 97 heavy (non-hydrogen) atoms. The molecular formula is C78H141NO18. The summed E-state index contributed by atoms with van der Waals surface area (Å²) >= 11 is 0. The zero-order chi connectivity index (χ0) is 70.4. The minimum absolute atomic E-state index is 0.245. The number of ether oxygens (including phenoxy) is 6. The highest BCUT2D eigenvalue weighted by atomic mass is 16.8. The van der Waals surface area contributed by atoms with Gasteiger partial charge in [-0.25, -0.2) is 0 Å². The summed E-state index contributed by atoms with van der Waals surface area (Å²) in [6, 6.07) is -0.893. The molecule has 17 atom stereocenters. The van der Waals surface area contributed by atoms with Gasteiger partial charge in [-0.15, -0.1) is 0 Å². The third-order valence-electron chi connectivity index (χ3n) is 19.4. The maximum Gasteiger partial charge on any atom is 0.220 e. The van der Waals surface area contributed by atoms with E-state index in [0.717, 1.165) is 83.5 Å². The van der Waals surface area contributed by atoms with E-state index in [2.05, 4.69) is 79.9 Å². The Kier molecular flexibility index (Phi) is 53.9. The van der Waals surface area contributed by atoms with Crippen LogP contribution in [0.5, 0.6) is 0 Å². The van der Waals surface area contributed by atoms with Gasteiger partial charge in [0.1, 0.15) is 73.2 Å². The van der Waals surface area contributed by atoms with Crippen LogP contribution in [0.15, 0.2) is 60.8 Å². The normalized spacial score (nSPS) is 27.2. The topological polar surface area (TPSA) is 307 Å². The van der Waals surface area contributed by atoms with Crippen molar-refractivity contribution in [3.8, 4) is 0 Å². The number of amides is 1. The molecule has 17 unspecified atom stereocenters. The lowest BCUT2D eigenvalue weighted by Crippen LogP contribution is -2.66. The molecule has 3 saturated heterocycles. The van der Waals surface area contributed by atoms with Crippen molar-refractivity contribution < 1.29 is 89.4 Å². The Labute approximate surface area is 586 Å². The van der Waals surface area contributed by atoms with Gasteiger partial charge in [-0.2, -0.15) is 0 Å². The number of allylic oxidation sites excluding steroid dienone is 10. The van der Waals surface area contributed by atoms with E-state index >= 15 is 0 Å². The van der Waals surface area contributed by atoms with Crippen molar-refractivity contribution in [3.05, 3.63) is 60.8 Å². The summed E-state index contributed by atoms with van der Waals surface area (Å²) in [6.45, 7) is 1.72. The highest BCUT2D eigenvalue weighted by Crippen LogP contribution is 2.33. The van der Waals surface area contributed by atoms with Crippen LogP contribution in [-0.4, -0.2) is 193 Å². The standard InChI is InChI=1S/C78H141NO18/c1-3-5-7-9-11-13-15-17-19-21-23-25-27-29-30-32-34-36-38-40-42-44-46-48-50-52-54-56-66(84)79-61(62(83)55-53-51-49-47-45-43-41-39-37-35-33-31-28-26-24-22-20-18-16-14-12-10-8-6-4-2)60-92-76-72(90)69(87)74(64(58-81)94-76)97-78-73(91)70(88)75(65(59-82)95-78)96-77-71(89)68(86)67(85)63(57-80)93-77/h5,7,11,13,17,19,23,25,29-30,61-65,67-78,80-83,85-91H,3-4,6,8-10,12,14-16,18,20-22,24,26-28,31-60H2,1-2H3,(H,79,84)/b7-5-,13-11-,19-17-,25-23-,30-29-. The molecule has 0 aromatic carbocycles. The van der Waals surface area contributed by atoms with Crippen molar-refractivity contribution in [3.63, 3.8) is 0 Å². The molecule has 3 fully saturated rings. The van der Waals surface area contributed by atoms with Gasteiger partial charge in [0.25, 0.3) is 0 Å². The summed E-state index contributed by atoms with van der Waals surface area (Å²) in [6.07, 6.45) is 47.2. The average Bonchev–Trinajstić information content (AvgIpc) is 0.790. The van der Waals surface area contributed by atoms with E-state index in [0.29, 0.717) is 12.8 Å². The first-order valence-corrected chi connectivity index (χ1v) is 39.0. The Morgan fingerprint density at radius 3 is 1.11 bits per heavy atom. The third-order valence-corrected chi connectivity index (χ3v) is 19.4. The number of aliphatic hydroxyl groups is 11. The van der Waals surface area contributed by atoms with Crippen LogP contribution < -0.4 is 5.32 Å². The Morgan fingerprint density at radius 1 is 0.381 bits per heavy atom. The Hall–Kier alpha value is -2.51. The second-order valence-electron chi connectivity index (χ2n) is 27.8. The molecule has 0 aromatic heterocycles. The first-order chi connectivity index (χ1) is 47.3. The van der Waals surface area contributed by atoms with Crippen LogP contribution in [0.4, 0.5) is 0 Å². The first-order valence-electron chi connectivity index (χ1n) is 39.0. The zero-order valence-electron chi connectivity index (χ0n) is 60.3. The molecule has 0 aliphatic carbocycles. The molecule has 1 amide bonds. The zero-order valence-corrected chi connectivity index (χ0v) is 60.3. The SMILES string of the molecule is CC/C=C\C/C=C\C/C=C\C/C=C\C/C=C\CCCCCCCCCCCCCC(=O)NC(COC1OC(CO)C(OC2OC(CO)C(OC3OC(CO)C(O)C(O)C3O)C(O)C2O)C(O)C1O)C(O)CCCCCCCCCCCCCCCCCCCCCCCCCCC. The second kappa shape index (κ2) is 58.9. The summed E-state index contributed by atoms with van der Waals surface area (Å²) in [5.41, 5.74) is 0. The molecule has 3 aliphatic heterocycles. The van der Waals surface area contributed by atoms with Crippen molar-refractivity contribution in [1.82, 2.24) is 5.32 Å². The van der Waals surface area contributed by atoms with Gasteiger partial charge in [-0.05, 0) is 57.8 Å². The fraction of sp³-hybridized carbons (Fsp3) is 0.859. The summed E-state index contributed by atoms with van der Waals surface area (Å²) in [5, 5.41) is 121. The van der Waals surface area contributed by atoms with Crippen molar-refractivity contribution in [2.45, 2.75) is 401 Å². The fourth-order valence-electron chi connectivity index (χ4n) is 13.1. The molecule has 0 saturated carbocycles. The van der Waals surface area contributed by atoms with Crippen molar-refractivity contribution >= 4 is 5.91 Å². The molecule has 0 bridgehead atoms. The number of nitrogens with one attached hydrogen (secondary N) is 1. The van der Waals surface area contributed by atoms with Gasteiger partial charge in [0.15, 0.2) is 18.9 Å². The van der Waals surface area contributed by atoms with E-state index in [1.54, 1.807) is 0 Å². The molecule has 19 nitrogen and oxygen atoms in total. The lowest BCUT2D eigenvalue weighted by atomic mass is 9.96. The minimum atomic E-state index is -1.98. The molecule has 0 spiro atoms. The number of hydrogen-bond donors (Lipinski definition) is 12. The molecule has 12 N–H and O–H groups in total. The number of unbranched alkanes of at least 4 members (excludes halogenated alkanes) is 35. The lowest BCUT2D eigenvalue weighted by Gasteiger charge is -2.48. The van der Waals surface area contributed by atoms with Gasteiger partial charge < -0.3 is 89.9 Å². The van der Waals surface area contributed by atoms with Crippen LogP contribution in [0.1, 0.15) is 296 Å². The monoisotopic (exact) mass is 1380 g/mol. The Bertz CT molecular complexity index is 1990. The van der Waals surface area contributed by atoms with Crippen LogP contribution in [0.25, 0.3) is 0 Å². The Morgan fingerprint density at radius 2 is 0.711 bits per heavy atom. The summed E-state index contributed by atoms with van der Waals surface area (Å²) in [7, 11) is 0. The van der Waals surface area contributed by atoms with Crippen LogP contribution in [0.2, 0.25) is 0 Å². The lowest BCUT2D eigenvalue weighted by molar-refractivity contribution is -0.379. The predicted octanol–water partition coefficient (Wildman–Crippen LogP) is 12.3. The van der Waals surface area contributed by atoms with Gasteiger partial charge in [0, 0.05) is 6.42 Å². The molecule has 0 aromatic rings. The minimum Gasteiger partial charge on any atom is -0.394 e. The number of carbonyl (C=O) groups is 1. The number of aliphatic hydroxyl groups excluding tert-OH is 11. The van der Waals surface area contributed by atoms with Gasteiger partial charge in [-0.1, -0.05) is 293 Å². The van der Waals surface area contributed by atoms with Crippen molar-refractivity contribution in [2.75, 3.05) is 26.4 Å². The van der Waals surface area contributed by atoms with Crippen LogP contribution >= 0.6 is 0 Å². The number of carbonyl (C=O) groups excluding carboxylic acids is 1. The molecule has 0 radical (unpaired) electrons. The van der Waals surface area contributed by atoms with E-state index in [-0.39, 0.29) is 18.9 Å². The molecular weight excluding hydrogens is 1240 g/mol. The molecule has 19 heteroatoms. The molecule has 3 rings (SSSR count). The smallest absolute Gasteiger partial charge is 0.220 e. The van der Waals surface area contributed by atoms with E-state index in [1.807, 2.05) is 0 Å². The van der Waals surface area contributed by atoms with E-state index in [9.17, 15) is 61.0 Å². The van der Waals surface area contributed by atoms with Crippen molar-refractivity contribution in [1.29, 1.82) is 0 Å². The van der Waals surface area contributed by atoms with E-state index in [1.165, 1.54) is 180 Å². The summed E-state index contributed by atoms with van der Waals surface area (Å²) in [5.74, 6) is -0.245. The van der Waals surface area contributed by atoms with Crippen molar-refractivity contribution in [2.24, 2.45) is 0 Å². The molecule has 566 valence electrons. The number of rotatable bonds is 61. The van der Waals surface area contributed by atoms with Crippen LogP contribution in [0.3, 0.4) is 0 Å². The number of hydrogen-bond acceptors (Lipinski definition) is 18. The summed E-state index contributed by atoms with van der Waals surface area (Å²) in [4.78, 5) is 13.5. The van der Waals surface area contributed by atoms with E-state index in [4.69, 9.17) is 28.4 Å². The van der Waals surface area contributed by atoms with Gasteiger partial charge in [0.2, 0.25) is 5.91 Å². The highest BCUT2D eigenvalue weighted by Gasteiger charge is 2.54. The van der Waals surface area contributed by atoms with Crippen LogP contribution in [-0.2, 0) is 33.2 Å². The highest BCUT2D eigenvalue weighted by molar-refractivity contribution is 5.76. The maximum absolute atomic E-state index is 13.5. The van der Waals surface area contributed by atoms with Crippen LogP contribution in [0, 0.1) is 0 Å². The van der Waals surface area contributed by atoms with E-state index < -0.39 is 124 Å². The van der Waals surface area contributed by atoms with Gasteiger partial charge in [0.05, 0.1) is 38.6 Å². The first kappa shape index (κ1) is 88.7.